The van der Waals surface area contributed by atoms with Gasteiger partial charge in [0.2, 0.25) is 0 Å². The maximum Gasteiger partial charge on any atom is 0.314 e. The van der Waals surface area contributed by atoms with Crippen LogP contribution in [0.2, 0.25) is 0 Å². The lowest BCUT2D eigenvalue weighted by Gasteiger charge is -2.29. The summed E-state index contributed by atoms with van der Waals surface area (Å²) >= 11 is 0. The monoisotopic (exact) mass is 227 g/mol. The van der Waals surface area contributed by atoms with Gasteiger partial charge in [0.1, 0.15) is 0 Å². The second-order valence-corrected chi connectivity index (χ2v) is 4.71. The molecule has 0 amide bonds. The lowest BCUT2D eigenvalue weighted by molar-refractivity contribution is -0.158. The van der Waals surface area contributed by atoms with Gasteiger partial charge in [-0.25, -0.2) is 0 Å². The van der Waals surface area contributed by atoms with Crippen LogP contribution in [0.25, 0.3) is 0 Å². The maximum atomic E-state index is 12.0. The number of hydrogen-bond acceptors (Lipinski definition) is 4. The molecular formula is C12H21NO3. The van der Waals surface area contributed by atoms with Gasteiger partial charge >= 0.3 is 5.97 Å². The third kappa shape index (κ3) is 2.38. The zero-order chi connectivity index (χ0) is 11.4. The fourth-order valence-electron chi connectivity index (χ4n) is 2.17. The van der Waals surface area contributed by atoms with Gasteiger partial charge in [0.15, 0.2) is 0 Å². The highest BCUT2D eigenvalue weighted by Crippen LogP contribution is 2.51. The lowest BCUT2D eigenvalue weighted by atomic mass is 9.98. The summed E-state index contributed by atoms with van der Waals surface area (Å²) in [5.74, 6) is -0.0466. The Morgan fingerprint density at radius 1 is 1.56 bits per heavy atom. The molecule has 92 valence electrons. The highest BCUT2D eigenvalue weighted by Gasteiger charge is 2.58. The number of ether oxygens (including phenoxy) is 2. The molecule has 1 atom stereocenters. The third-order valence-electron chi connectivity index (χ3n) is 3.47. The van der Waals surface area contributed by atoms with Crippen LogP contribution < -0.4 is 5.32 Å². The van der Waals surface area contributed by atoms with Crippen molar-refractivity contribution in [1.82, 2.24) is 5.32 Å². The van der Waals surface area contributed by atoms with Crippen molar-refractivity contribution >= 4 is 5.97 Å². The number of carbonyl (C=O) groups is 1. The zero-order valence-corrected chi connectivity index (χ0v) is 9.96. The number of hydrogen-bond donors (Lipinski definition) is 1. The molecule has 1 unspecified atom stereocenters. The molecule has 16 heavy (non-hydrogen) atoms. The fourth-order valence-corrected chi connectivity index (χ4v) is 2.17. The summed E-state index contributed by atoms with van der Waals surface area (Å²) in [6, 6.07) is 0. The van der Waals surface area contributed by atoms with E-state index in [4.69, 9.17) is 9.47 Å². The van der Waals surface area contributed by atoms with E-state index in [1.807, 2.05) is 0 Å². The van der Waals surface area contributed by atoms with E-state index in [-0.39, 0.29) is 17.5 Å². The smallest absolute Gasteiger partial charge is 0.314 e. The molecule has 1 aliphatic heterocycles. The topological polar surface area (TPSA) is 47.6 Å². The summed E-state index contributed by atoms with van der Waals surface area (Å²) in [7, 11) is 0. The van der Waals surface area contributed by atoms with Crippen LogP contribution >= 0.6 is 0 Å². The highest BCUT2D eigenvalue weighted by molar-refractivity contribution is 5.80. The van der Waals surface area contributed by atoms with Gasteiger partial charge in [0.05, 0.1) is 24.7 Å². The quantitative estimate of drug-likeness (QED) is 0.564. The van der Waals surface area contributed by atoms with Crippen LogP contribution in [0.15, 0.2) is 0 Å². The van der Waals surface area contributed by atoms with E-state index in [0.717, 1.165) is 38.8 Å². The van der Waals surface area contributed by atoms with Gasteiger partial charge in [0.25, 0.3) is 0 Å². The van der Waals surface area contributed by atoms with Crippen LogP contribution in [-0.4, -0.2) is 38.4 Å². The highest BCUT2D eigenvalue weighted by atomic mass is 16.5. The number of rotatable bonds is 5. The summed E-state index contributed by atoms with van der Waals surface area (Å²) in [4.78, 5) is 12.0. The SMILES string of the molecule is CCCCOC(=O)C1(C2CNCCO2)CC1. The molecule has 1 N–H and O–H groups in total. The van der Waals surface area contributed by atoms with E-state index in [0.29, 0.717) is 13.2 Å². The van der Waals surface area contributed by atoms with Crippen molar-refractivity contribution < 1.29 is 14.3 Å². The molecule has 0 aromatic carbocycles. The van der Waals surface area contributed by atoms with E-state index in [9.17, 15) is 4.79 Å². The predicted octanol–water partition coefficient (Wildman–Crippen LogP) is 1.10. The van der Waals surface area contributed by atoms with Crippen LogP contribution in [0.4, 0.5) is 0 Å². The third-order valence-corrected chi connectivity index (χ3v) is 3.47. The van der Waals surface area contributed by atoms with Gasteiger partial charge in [-0.2, -0.15) is 0 Å². The Kier molecular flexibility index (Phi) is 3.82. The first-order valence-corrected chi connectivity index (χ1v) is 6.29. The number of esters is 1. The molecule has 4 heteroatoms. The van der Waals surface area contributed by atoms with Crippen molar-refractivity contribution in [2.24, 2.45) is 5.41 Å². The van der Waals surface area contributed by atoms with E-state index < -0.39 is 0 Å². The molecule has 0 spiro atoms. The Morgan fingerprint density at radius 3 is 2.94 bits per heavy atom. The van der Waals surface area contributed by atoms with Gasteiger partial charge in [-0.05, 0) is 19.3 Å². The minimum Gasteiger partial charge on any atom is -0.465 e. The molecule has 4 nitrogen and oxygen atoms in total. The van der Waals surface area contributed by atoms with Crippen molar-refractivity contribution in [3.8, 4) is 0 Å². The predicted molar refractivity (Wildman–Crippen MR) is 60.1 cm³/mol. The first-order valence-electron chi connectivity index (χ1n) is 6.29. The minimum absolute atomic E-state index is 0.0235. The first-order chi connectivity index (χ1) is 7.79. The second-order valence-electron chi connectivity index (χ2n) is 4.71. The van der Waals surface area contributed by atoms with E-state index in [1.54, 1.807) is 0 Å². The molecule has 2 rings (SSSR count). The van der Waals surface area contributed by atoms with E-state index in [2.05, 4.69) is 12.2 Å². The van der Waals surface area contributed by atoms with Crippen molar-refractivity contribution in [1.29, 1.82) is 0 Å². The molecule has 0 bridgehead atoms. The normalized spacial score (nSPS) is 27.4. The van der Waals surface area contributed by atoms with E-state index in [1.165, 1.54) is 0 Å². The molecule has 1 aliphatic carbocycles. The van der Waals surface area contributed by atoms with Gasteiger partial charge < -0.3 is 14.8 Å². The lowest BCUT2D eigenvalue weighted by Crippen LogP contribution is -2.46. The van der Waals surface area contributed by atoms with Gasteiger partial charge in [-0.1, -0.05) is 13.3 Å². The molecule has 1 saturated heterocycles. The Balaban J connectivity index is 1.83. The van der Waals surface area contributed by atoms with Crippen LogP contribution in [-0.2, 0) is 14.3 Å². The van der Waals surface area contributed by atoms with Crippen molar-refractivity contribution in [2.75, 3.05) is 26.3 Å². The van der Waals surface area contributed by atoms with Gasteiger partial charge in [0, 0.05) is 13.1 Å². The number of nitrogens with one attached hydrogen (secondary N) is 1. The average Bonchev–Trinajstić information content (AvgIpc) is 3.12. The molecule has 2 aliphatic rings. The average molecular weight is 227 g/mol. The van der Waals surface area contributed by atoms with Crippen LogP contribution in [0.3, 0.4) is 0 Å². The molecular weight excluding hydrogens is 206 g/mol. The van der Waals surface area contributed by atoms with Crippen molar-refractivity contribution in [3.63, 3.8) is 0 Å². The van der Waals surface area contributed by atoms with Crippen LogP contribution in [0, 0.1) is 5.41 Å². The van der Waals surface area contributed by atoms with Gasteiger partial charge in [-0.15, -0.1) is 0 Å². The largest absolute Gasteiger partial charge is 0.465 e. The summed E-state index contributed by atoms with van der Waals surface area (Å²) in [5.41, 5.74) is -0.318. The van der Waals surface area contributed by atoms with Crippen LogP contribution in [0.5, 0.6) is 0 Å². The molecule has 0 aromatic rings. The summed E-state index contributed by atoms with van der Waals surface area (Å²) in [6.07, 6.45) is 3.87. The Labute approximate surface area is 96.7 Å². The molecule has 0 radical (unpaired) electrons. The Bertz CT molecular complexity index is 245. The fraction of sp³-hybridized carbons (Fsp3) is 0.917. The van der Waals surface area contributed by atoms with Crippen molar-refractivity contribution in [3.05, 3.63) is 0 Å². The summed E-state index contributed by atoms with van der Waals surface area (Å²) < 4.78 is 11.0. The van der Waals surface area contributed by atoms with Crippen LogP contribution in [0.1, 0.15) is 32.6 Å². The first kappa shape index (κ1) is 11.9. The standard InChI is InChI=1S/C12H21NO3/c1-2-3-7-16-11(14)12(4-5-12)10-9-13-6-8-15-10/h10,13H,2-9H2,1H3. The second kappa shape index (κ2) is 5.15. The van der Waals surface area contributed by atoms with E-state index >= 15 is 0 Å². The Morgan fingerprint density at radius 2 is 2.38 bits per heavy atom. The van der Waals surface area contributed by atoms with Gasteiger partial charge in [-0.3, -0.25) is 4.79 Å². The summed E-state index contributed by atoms with van der Waals surface area (Å²) in [6.45, 7) is 5.02. The number of unbranched alkanes of at least 4 members (excludes halogenated alkanes) is 1. The maximum absolute atomic E-state index is 12.0. The molecule has 0 aromatic heterocycles. The summed E-state index contributed by atoms with van der Waals surface area (Å²) in [5, 5.41) is 3.27. The molecule has 1 heterocycles. The Hall–Kier alpha value is -0.610. The minimum atomic E-state index is -0.318. The number of morpholine rings is 1. The van der Waals surface area contributed by atoms with Crippen molar-refractivity contribution in [2.45, 2.75) is 38.7 Å². The zero-order valence-electron chi connectivity index (χ0n) is 9.96. The molecule has 1 saturated carbocycles. The molecule has 2 fully saturated rings. The number of carbonyl (C=O) groups excluding carboxylic acids is 1.